The quantitative estimate of drug-likeness (QED) is 0.374. The van der Waals surface area contributed by atoms with Crippen LogP contribution in [0.5, 0.6) is 0 Å². The molecule has 0 spiro atoms. The van der Waals surface area contributed by atoms with Gasteiger partial charge in [-0.15, -0.1) is 0 Å². The van der Waals surface area contributed by atoms with Crippen LogP contribution >= 0.6 is 0 Å². The summed E-state index contributed by atoms with van der Waals surface area (Å²) in [6.07, 6.45) is 2.02. The fourth-order valence-corrected chi connectivity index (χ4v) is 6.77. The highest BCUT2D eigenvalue weighted by Gasteiger charge is 2.50. The molecule has 10 nitrogen and oxygen atoms in total. The number of fused-ring (bicyclic) bond motifs is 1. The minimum atomic E-state index is -0.895. The minimum absolute atomic E-state index is 0.154. The Bertz CT molecular complexity index is 1500. The molecular formula is C33H41N5O5. The van der Waals surface area contributed by atoms with Gasteiger partial charge in [0, 0.05) is 23.8 Å². The molecule has 2 heterocycles. The van der Waals surface area contributed by atoms with Crippen LogP contribution in [-0.2, 0) is 14.3 Å². The van der Waals surface area contributed by atoms with Gasteiger partial charge < -0.3 is 31.0 Å². The van der Waals surface area contributed by atoms with Gasteiger partial charge in [-0.3, -0.25) is 14.4 Å². The SMILES string of the molecule is CC(C)(C)OC(=O)NCC1CCC(C(=O)N2C(n3c(C(N)=O)cc4ccccc43)C[C@@H](c3ccccc3)[C@H]2C(N)=O)CC1. The summed E-state index contributed by atoms with van der Waals surface area (Å²) in [7, 11) is 0. The predicted molar refractivity (Wildman–Crippen MR) is 163 cm³/mol. The molecule has 1 saturated heterocycles. The highest BCUT2D eigenvalue weighted by atomic mass is 16.6. The number of carbonyl (C=O) groups is 4. The first kappa shape index (κ1) is 30.1. The first-order valence-corrected chi connectivity index (χ1v) is 15.0. The number of aromatic nitrogens is 1. The van der Waals surface area contributed by atoms with Crippen molar-refractivity contribution >= 4 is 34.7 Å². The van der Waals surface area contributed by atoms with Crippen LogP contribution in [0.4, 0.5) is 4.79 Å². The molecule has 0 bridgehead atoms. The zero-order chi connectivity index (χ0) is 30.9. The Kier molecular flexibility index (Phi) is 8.48. The third-order valence-electron chi connectivity index (χ3n) is 8.67. The monoisotopic (exact) mass is 587 g/mol. The van der Waals surface area contributed by atoms with Gasteiger partial charge in [-0.05, 0) is 76.5 Å². The number of nitrogens with one attached hydrogen (secondary N) is 1. The predicted octanol–water partition coefficient (Wildman–Crippen LogP) is 4.44. The summed E-state index contributed by atoms with van der Waals surface area (Å²) in [5.74, 6) is -1.82. The van der Waals surface area contributed by atoms with E-state index < -0.39 is 35.7 Å². The molecule has 0 radical (unpaired) electrons. The van der Waals surface area contributed by atoms with Crippen LogP contribution in [0.3, 0.4) is 0 Å². The van der Waals surface area contributed by atoms with Crippen LogP contribution in [0.25, 0.3) is 10.9 Å². The summed E-state index contributed by atoms with van der Waals surface area (Å²) in [6, 6.07) is 18.0. The van der Waals surface area contributed by atoms with E-state index in [2.05, 4.69) is 5.32 Å². The van der Waals surface area contributed by atoms with Crippen molar-refractivity contribution in [3.8, 4) is 0 Å². The third kappa shape index (κ3) is 6.38. The molecule has 1 saturated carbocycles. The molecule has 3 atom stereocenters. The van der Waals surface area contributed by atoms with Crippen LogP contribution < -0.4 is 16.8 Å². The number of carbonyl (C=O) groups excluding carboxylic acids is 4. The van der Waals surface area contributed by atoms with Gasteiger partial charge in [0.05, 0.1) is 5.52 Å². The number of rotatable bonds is 7. The molecule has 228 valence electrons. The molecule has 2 fully saturated rings. The van der Waals surface area contributed by atoms with E-state index in [1.807, 2.05) is 79.9 Å². The van der Waals surface area contributed by atoms with E-state index in [0.29, 0.717) is 25.8 Å². The van der Waals surface area contributed by atoms with Crippen LogP contribution in [-0.4, -0.2) is 51.5 Å². The number of hydrogen-bond donors (Lipinski definition) is 3. The second-order valence-corrected chi connectivity index (χ2v) is 12.7. The molecule has 5 rings (SSSR count). The average Bonchev–Trinajstić information content (AvgIpc) is 3.55. The van der Waals surface area contributed by atoms with Crippen LogP contribution in [0, 0.1) is 11.8 Å². The summed E-state index contributed by atoms with van der Waals surface area (Å²) in [4.78, 5) is 54.0. The van der Waals surface area contributed by atoms with E-state index in [9.17, 15) is 19.2 Å². The van der Waals surface area contributed by atoms with Crippen molar-refractivity contribution in [3.63, 3.8) is 0 Å². The Labute approximate surface area is 251 Å². The van der Waals surface area contributed by atoms with E-state index in [0.717, 1.165) is 29.3 Å². The molecule has 10 heteroatoms. The minimum Gasteiger partial charge on any atom is -0.444 e. The van der Waals surface area contributed by atoms with Crippen molar-refractivity contribution in [2.75, 3.05) is 6.54 Å². The number of amides is 4. The van der Waals surface area contributed by atoms with Crippen LogP contribution in [0.15, 0.2) is 60.7 Å². The van der Waals surface area contributed by atoms with Crippen molar-refractivity contribution in [2.45, 2.75) is 76.6 Å². The molecule has 1 aliphatic carbocycles. The summed E-state index contributed by atoms with van der Waals surface area (Å²) in [5.41, 5.74) is 13.3. The summed E-state index contributed by atoms with van der Waals surface area (Å²) in [5, 5.41) is 3.67. The van der Waals surface area contributed by atoms with Crippen LogP contribution in [0.2, 0.25) is 0 Å². The van der Waals surface area contributed by atoms with Gasteiger partial charge in [0.1, 0.15) is 23.5 Å². The third-order valence-corrected chi connectivity index (χ3v) is 8.67. The number of primary amides is 2. The van der Waals surface area contributed by atoms with E-state index in [1.165, 1.54) is 0 Å². The molecule has 43 heavy (non-hydrogen) atoms. The molecule has 3 aromatic rings. The maximum atomic E-state index is 14.4. The van der Waals surface area contributed by atoms with Gasteiger partial charge in [0.2, 0.25) is 11.8 Å². The van der Waals surface area contributed by atoms with Gasteiger partial charge >= 0.3 is 6.09 Å². The highest BCUT2D eigenvalue weighted by molar-refractivity contribution is 5.98. The average molecular weight is 588 g/mol. The standard InChI is InChI=1S/C33H41N5O5/c1-33(2,3)43-32(42)36-19-20-13-15-22(16-14-20)31(41)38-27(18-24(28(38)30(35)40)21-9-5-4-6-10-21)37-25-12-8-7-11-23(25)17-26(37)29(34)39/h4-12,17,20,22,24,27-28H,13-16,18-19H2,1-3H3,(H2,34,39)(H2,35,40)(H,36,42)/t20?,22?,24-,27?,28-/m0/s1. The Morgan fingerprint density at radius 3 is 2.21 bits per heavy atom. The second-order valence-electron chi connectivity index (χ2n) is 12.7. The Morgan fingerprint density at radius 2 is 1.58 bits per heavy atom. The van der Waals surface area contributed by atoms with E-state index in [1.54, 1.807) is 11.0 Å². The van der Waals surface area contributed by atoms with Crippen molar-refractivity contribution in [2.24, 2.45) is 23.3 Å². The maximum Gasteiger partial charge on any atom is 0.407 e. The van der Waals surface area contributed by atoms with Gasteiger partial charge in [-0.1, -0.05) is 48.5 Å². The van der Waals surface area contributed by atoms with Crippen molar-refractivity contribution in [3.05, 3.63) is 71.9 Å². The lowest BCUT2D eigenvalue weighted by Crippen LogP contribution is -2.50. The first-order chi connectivity index (χ1) is 20.4. The maximum absolute atomic E-state index is 14.4. The zero-order valence-corrected chi connectivity index (χ0v) is 25.0. The lowest BCUT2D eigenvalue weighted by atomic mass is 9.81. The number of nitrogens with zero attached hydrogens (tertiary/aromatic N) is 2. The fraction of sp³-hybridized carbons (Fsp3) is 0.455. The first-order valence-electron chi connectivity index (χ1n) is 15.0. The Hall–Kier alpha value is -4.34. The summed E-state index contributed by atoms with van der Waals surface area (Å²) >= 11 is 0. The fourth-order valence-electron chi connectivity index (χ4n) is 6.77. The molecule has 2 aliphatic rings. The van der Waals surface area contributed by atoms with Gasteiger partial charge in [0.25, 0.3) is 5.91 Å². The van der Waals surface area contributed by atoms with Crippen molar-refractivity contribution in [1.29, 1.82) is 0 Å². The number of ether oxygens (including phenoxy) is 1. The van der Waals surface area contributed by atoms with Gasteiger partial charge in [0.15, 0.2) is 0 Å². The molecular weight excluding hydrogens is 546 g/mol. The van der Waals surface area contributed by atoms with Gasteiger partial charge in [-0.25, -0.2) is 4.79 Å². The molecule has 1 unspecified atom stereocenters. The van der Waals surface area contributed by atoms with E-state index in [-0.39, 0.29) is 29.4 Å². The highest BCUT2D eigenvalue weighted by Crippen LogP contribution is 2.46. The van der Waals surface area contributed by atoms with E-state index in [4.69, 9.17) is 16.2 Å². The molecule has 4 amide bonds. The van der Waals surface area contributed by atoms with Crippen molar-refractivity contribution < 1.29 is 23.9 Å². The van der Waals surface area contributed by atoms with Gasteiger partial charge in [-0.2, -0.15) is 0 Å². The molecule has 1 aliphatic heterocycles. The van der Waals surface area contributed by atoms with Crippen molar-refractivity contribution in [1.82, 2.24) is 14.8 Å². The number of nitrogens with two attached hydrogens (primary N) is 2. The van der Waals surface area contributed by atoms with Crippen LogP contribution in [0.1, 0.15) is 81.0 Å². The smallest absolute Gasteiger partial charge is 0.407 e. The van der Waals surface area contributed by atoms with E-state index >= 15 is 0 Å². The Morgan fingerprint density at radius 1 is 0.930 bits per heavy atom. The largest absolute Gasteiger partial charge is 0.444 e. The number of hydrogen-bond acceptors (Lipinski definition) is 5. The topological polar surface area (TPSA) is 150 Å². The number of para-hydroxylation sites is 1. The number of alkyl carbamates (subject to hydrolysis) is 1. The Balaban J connectivity index is 1.44. The lowest BCUT2D eigenvalue weighted by molar-refractivity contribution is -0.145. The summed E-state index contributed by atoms with van der Waals surface area (Å²) < 4.78 is 7.16. The number of likely N-dealkylation sites (tertiary alicyclic amines) is 1. The molecule has 2 aromatic carbocycles. The molecule has 5 N–H and O–H groups in total. The normalized spacial score (nSPS) is 24.1. The number of benzene rings is 2. The lowest BCUT2D eigenvalue weighted by Gasteiger charge is -2.36. The molecule has 1 aromatic heterocycles. The second kappa shape index (κ2) is 12.1. The zero-order valence-electron chi connectivity index (χ0n) is 25.0. The summed E-state index contributed by atoms with van der Waals surface area (Å²) in [6.45, 7) is 5.93.